The molecule has 20 heavy (non-hydrogen) atoms. The first kappa shape index (κ1) is 13.1. The Hall–Kier alpha value is -1.88. The van der Waals surface area contributed by atoms with Crippen LogP contribution in [0.5, 0.6) is 0 Å². The van der Waals surface area contributed by atoms with Gasteiger partial charge in [0.1, 0.15) is 17.1 Å². The van der Waals surface area contributed by atoms with E-state index in [1.165, 1.54) is 12.3 Å². The number of halogens is 3. The van der Waals surface area contributed by atoms with Gasteiger partial charge in [-0.3, -0.25) is 0 Å². The molecular formula is C14H11ClF2N2O. The lowest BCUT2D eigenvalue weighted by Gasteiger charge is -2.09. The molecule has 0 bridgehead atoms. The van der Waals surface area contributed by atoms with E-state index in [2.05, 4.69) is 4.98 Å². The summed E-state index contributed by atoms with van der Waals surface area (Å²) >= 11 is 6.08. The summed E-state index contributed by atoms with van der Waals surface area (Å²) in [6, 6.07) is 5.99. The fourth-order valence-corrected chi connectivity index (χ4v) is 2.36. The molecule has 1 aromatic carbocycles. The molecule has 0 amide bonds. The predicted octanol–water partition coefficient (Wildman–Crippen LogP) is 4.26. The minimum atomic E-state index is -0.926. The lowest BCUT2D eigenvalue weighted by molar-refractivity contribution is 0.484. The summed E-state index contributed by atoms with van der Waals surface area (Å²) in [6.45, 7) is 1.98. The largest absolute Gasteiger partial charge is 0.467 e. The molecule has 0 aliphatic heterocycles. The number of aromatic nitrogens is 2. The van der Waals surface area contributed by atoms with Gasteiger partial charge in [-0.2, -0.15) is 0 Å². The molecule has 0 radical (unpaired) electrons. The van der Waals surface area contributed by atoms with Gasteiger partial charge in [-0.25, -0.2) is 13.8 Å². The first-order valence-corrected chi connectivity index (χ1v) is 6.52. The van der Waals surface area contributed by atoms with Crippen LogP contribution in [0.4, 0.5) is 8.78 Å². The van der Waals surface area contributed by atoms with Crippen molar-refractivity contribution >= 4 is 22.6 Å². The summed E-state index contributed by atoms with van der Waals surface area (Å²) < 4.78 is 34.3. The van der Waals surface area contributed by atoms with Gasteiger partial charge in [-0.05, 0) is 31.2 Å². The highest BCUT2D eigenvalue weighted by atomic mass is 35.5. The molecule has 1 atom stereocenters. The fraction of sp³-hybridized carbons (Fsp3) is 0.214. The Morgan fingerprint density at radius 2 is 2.15 bits per heavy atom. The van der Waals surface area contributed by atoms with Crippen LogP contribution < -0.4 is 0 Å². The molecule has 0 spiro atoms. The van der Waals surface area contributed by atoms with E-state index >= 15 is 0 Å². The van der Waals surface area contributed by atoms with Crippen molar-refractivity contribution in [3.05, 3.63) is 53.7 Å². The van der Waals surface area contributed by atoms with E-state index in [9.17, 15) is 8.78 Å². The molecule has 104 valence electrons. The minimum absolute atomic E-state index is 0.101. The molecule has 0 saturated carbocycles. The quantitative estimate of drug-likeness (QED) is 0.676. The Balaban J connectivity index is 2.25. The van der Waals surface area contributed by atoms with Crippen molar-refractivity contribution < 1.29 is 13.2 Å². The Morgan fingerprint density at radius 3 is 2.80 bits per heavy atom. The predicted molar refractivity (Wildman–Crippen MR) is 71.7 cm³/mol. The van der Waals surface area contributed by atoms with Gasteiger partial charge in [0.2, 0.25) is 0 Å². The fourth-order valence-electron chi connectivity index (χ4n) is 2.20. The number of hydrogen-bond donors (Lipinski definition) is 0. The van der Waals surface area contributed by atoms with Crippen molar-refractivity contribution in [1.29, 1.82) is 0 Å². The number of benzene rings is 1. The highest BCUT2D eigenvalue weighted by molar-refractivity contribution is 6.20. The molecule has 3 aromatic rings. The van der Waals surface area contributed by atoms with Crippen molar-refractivity contribution in [2.45, 2.75) is 18.8 Å². The Morgan fingerprint density at radius 1 is 1.35 bits per heavy atom. The van der Waals surface area contributed by atoms with Crippen LogP contribution in [-0.2, 0) is 6.54 Å². The van der Waals surface area contributed by atoms with E-state index in [0.717, 1.165) is 6.07 Å². The second-order valence-electron chi connectivity index (χ2n) is 4.48. The van der Waals surface area contributed by atoms with Crippen molar-refractivity contribution in [1.82, 2.24) is 9.55 Å². The monoisotopic (exact) mass is 296 g/mol. The van der Waals surface area contributed by atoms with Gasteiger partial charge in [0.15, 0.2) is 11.6 Å². The third kappa shape index (κ3) is 2.08. The zero-order chi connectivity index (χ0) is 14.3. The first-order valence-electron chi connectivity index (χ1n) is 6.08. The van der Waals surface area contributed by atoms with Crippen LogP contribution in [0.25, 0.3) is 11.0 Å². The van der Waals surface area contributed by atoms with Crippen LogP contribution in [-0.4, -0.2) is 9.55 Å². The zero-order valence-corrected chi connectivity index (χ0v) is 11.4. The number of hydrogen-bond acceptors (Lipinski definition) is 2. The molecule has 3 rings (SSSR count). The van der Waals surface area contributed by atoms with Crippen molar-refractivity contribution in [2.24, 2.45) is 0 Å². The number of imidazole rings is 1. The lowest BCUT2D eigenvalue weighted by atomic mass is 10.3. The topological polar surface area (TPSA) is 31.0 Å². The van der Waals surface area contributed by atoms with Crippen LogP contribution in [0.1, 0.15) is 23.9 Å². The molecule has 1 unspecified atom stereocenters. The molecule has 2 heterocycles. The maximum Gasteiger partial charge on any atom is 0.184 e. The van der Waals surface area contributed by atoms with E-state index in [1.807, 2.05) is 0 Å². The molecule has 0 aliphatic carbocycles. The van der Waals surface area contributed by atoms with E-state index in [0.29, 0.717) is 17.1 Å². The average molecular weight is 297 g/mol. The number of alkyl halides is 1. The van der Waals surface area contributed by atoms with E-state index in [-0.39, 0.29) is 12.1 Å². The van der Waals surface area contributed by atoms with Crippen LogP contribution in [0.15, 0.2) is 34.9 Å². The zero-order valence-electron chi connectivity index (χ0n) is 10.6. The third-order valence-corrected chi connectivity index (χ3v) is 3.27. The summed E-state index contributed by atoms with van der Waals surface area (Å²) in [6.07, 6.45) is 1.52. The van der Waals surface area contributed by atoms with Gasteiger partial charge in [0, 0.05) is 0 Å². The Labute approximate surface area is 118 Å². The van der Waals surface area contributed by atoms with E-state index in [1.54, 1.807) is 23.6 Å². The molecule has 0 saturated heterocycles. The molecular weight excluding hydrogens is 286 g/mol. The summed E-state index contributed by atoms with van der Waals surface area (Å²) in [5, 5.41) is -0.431. The molecule has 3 nitrogen and oxygen atoms in total. The average Bonchev–Trinajstić information content (AvgIpc) is 3.02. The Kier molecular flexibility index (Phi) is 3.22. The van der Waals surface area contributed by atoms with Crippen LogP contribution in [0.3, 0.4) is 0 Å². The summed E-state index contributed by atoms with van der Waals surface area (Å²) in [5.41, 5.74) is 0.474. The number of furan rings is 1. The van der Waals surface area contributed by atoms with Gasteiger partial charge in [-0.1, -0.05) is 0 Å². The molecule has 0 N–H and O–H groups in total. The van der Waals surface area contributed by atoms with E-state index in [4.69, 9.17) is 16.0 Å². The van der Waals surface area contributed by atoms with Crippen molar-refractivity contribution in [2.75, 3.05) is 0 Å². The highest BCUT2D eigenvalue weighted by Gasteiger charge is 2.20. The summed E-state index contributed by atoms with van der Waals surface area (Å²) in [5.74, 6) is -0.744. The maximum atomic E-state index is 14.1. The summed E-state index contributed by atoms with van der Waals surface area (Å²) in [4.78, 5) is 4.28. The maximum absolute atomic E-state index is 14.1. The van der Waals surface area contributed by atoms with Gasteiger partial charge in [0.25, 0.3) is 0 Å². The molecule has 0 fully saturated rings. The number of nitrogens with zero attached hydrogens (tertiary/aromatic N) is 2. The Bertz CT molecular complexity index is 750. The normalized spacial score (nSPS) is 13.0. The molecule has 6 heteroatoms. The lowest BCUT2D eigenvalue weighted by Crippen LogP contribution is -2.06. The van der Waals surface area contributed by atoms with E-state index < -0.39 is 17.0 Å². The smallest absolute Gasteiger partial charge is 0.184 e. The first-order chi connectivity index (χ1) is 9.58. The second kappa shape index (κ2) is 4.90. The van der Waals surface area contributed by atoms with Crippen LogP contribution >= 0.6 is 11.6 Å². The van der Waals surface area contributed by atoms with Crippen LogP contribution in [0, 0.1) is 11.6 Å². The minimum Gasteiger partial charge on any atom is -0.467 e. The van der Waals surface area contributed by atoms with Crippen molar-refractivity contribution in [3.63, 3.8) is 0 Å². The molecule has 0 aliphatic rings. The van der Waals surface area contributed by atoms with Gasteiger partial charge >= 0.3 is 0 Å². The number of rotatable bonds is 3. The standard InChI is InChI=1S/C14H11ClF2N2O/c1-8(15)14-18-11-5-4-10(16)12(17)13(11)19(14)7-9-3-2-6-20-9/h2-6,8H,7H2,1H3. The highest BCUT2D eigenvalue weighted by Crippen LogP contribution is 2.28. The van der Waals surface area contributed by atoms with Gasteiger partial charge in [-0.15, -0.1) is 11.6 Å². The summed E-state index contributed by atoms with van der Waals surface area (Å²) in [7, 11) is 0. The second-order valence-corrected chi connectivity index (χ2v) is 5.14. The van der Waals surface area contributed by atoms with Gasteiger partial charge in [0.05, 0.1) is 23.7 Å². The number of fused-ring (bicyclic) bond motifs is 1. The van der Waals surface area contributed by atoms with Crippen LogP contribution in [0.2, 0.25) is 0 Å². The van der Waals surface area contributed by atoms with Gasteiger partial charge < -0.3 is 8.98 Å². The third-order valence-electron chi connectivity index (χ3n) is 3.08. The molecule has 2 aromatic heterocycles. The SMILES string of the molecule is CC(Cl)c1nc2ccc(F)c(F)c2n1Cc1ccco1. The van der Waals surface area contributed by atoms with Crippen molar-refractivity contribution in [3.8, 4) is 0 Å².